The standard InChI is InChI=1S/C26H29N5O2Si/c1-30-18-20(17-28-30)19-12-25-24(27-16-19)8-9-26(29-25)31(10-7-11-34(4,5)6)21-13-22(32-2)15-23(14-21)33-3/h8-9,12-18H,10H2,1-6H3. The highest BCUT2D eigenvalue weighted by Crippen LogP contribution is 2.33. The molecule has 8 heteroatoms. The Morgan fingerprint density at radius 1 is 0.941 bits per heavy atom. The molecule has 0 aliphatic carbocycles. The monoisotopic (exact) mass is 471 g/mol. The van der Waals surface area contributed by atoms with Crippen LogP contribution >= 0.6 is 0 Å². The first kappa shape index (κ1) is 23.3. The van der Waals surface area contributed by atoms with Crippen LogP contribution in [-0.4, -0.2) is 48.6 Å². The highest BCUT2D eigenvalue weighted by molar-refractivity contribution is 6.83. The molecule has 0 N–H and O–H groups in total. The number of aromatic nitrogens is 4. The number of hydrogen-bond acceptors (Lipinski definition) is 6. The molecule has 0 amide bonds. The van der Waals surface area contributed by atoms with Crippen molar-refractivity contribution >= 4 is 30.6 Å². The van der Waals surface area contributed by atoms with Gasteiger partial charge in [-0.05, 0) is 18.2 Å². The molecule has 0 aliphatic heterocycles. The summed E-state index contributed by atoms with van der Waals surface area (Å²) >= 11 is 0. The summed E-state index contributed by atoms with van der Waals surface area (Å²) in [5.41, 5.74) is 7.95. The molecule has 4 rings (SSSR count). The fourth-order valence-electron chi connectivity index (χ4n) is 3.51. The van der Waals surface area contributed by atoms with Crippen LogP contribution in [0.4, 0.5) is 11.5 Å². The Bertz CT molecular complexity index is 1360. The number of anilines is 2. The molecule has 0 saturated carbocycles. The summed E-state index contributed by atoms with van der Waals surface area (Å²) in [5, 5.41) is 4.27. The van der Waals surface area contributed by atoms with E-state index >= 15 is 0 Å². The van der Waals surface area contributed by atoms with Crippen molar-refractivity contribution in [2.24, 2.45) is 7.05 Å². The second-order valence-electron chi connectivity index (χ2n) is 9.04. The number of nitrogens with zero attached hydrogens (tertiary/aromatic N) is 5. The van der Waals surface area contributed by atoms with Crippen LogP contribution in [0.1, 0.15) is 0 Å². The number of rotatable bonds is 6. The van der Waals surface area contributed by atoms with E-state index in [4.69, 9.17) is 14.5 Å². The smallest absolute Gasteiger partial charge is 0.134 e. The second kappa shape index (κ2) is 9.57. The van der Waals surface area contributed by atoms with Crippen molar-refractivity contribution in [2.75, 3.05) is 25.7 Å². The van der Waals surface area contributed by atoms with E-state index in [1.807, 2.05) is 62.0 Å². The zero-order valence-corrected chi connectivity index (χ0v) is 21.5. The van der Waals surface area contributed by atoms with Crippen LogP contribution in [0.5, 0.6) is 11.5 Å². The normalized spacial score (nSPS) is 11.1. The van der Waals surface area contributed by atoms with Crippen molar-refractivity contribution in [1.29, 1.82) is 0 Å². The Balaban J connectivity index is 1.81. The molecule has 4 aromatic rings. The van der Waals surface area contributed by atoms with Gasteiger partial charge < -0.3 is 14.4 Å². The van der Waals surface area contributed by atoms with Gasteiger partial charge in [-0.1, -0.05) is 25.6 Å². The van der Waals surface area contributed by atoms with Crippen LogP contribution in [0.15, 0.2) is 55.0 Å². The van der Waals surface area contributed by atoms with E-state index in [0.29, 0.717) is 18.0 Å². The third-order valence-corrected chi connectivity index (χ3v) is 6.11. The predicted octanol–water partition coefficient (Wildman–Crippen LogP) is 5.07. The third-order valence-electron chi connectivity index (χ3n) is 5.19. The summed E-state index contributed by atoms with van der Waals surface area (Å²) in [6.45, 7) is 7.20. The lowest BCUT2D eigenvalue weighted by molar-refractivity contribution is 0.394. The largest absolute Gasteiger partial charge is 0.497 e. The minimum absolute atomic E-state index is 0.495. The van der Waals surface area contributed by atoms with Gasteiger partial charge in [-0.3, -0.25) is 9.67 Å². The van der Waals surface area contributed by atoms with E-state index in [1.54, 1.807) is 18.9 Å². The van der Waals surface area contributed by atoms with Gasteiger partial charge in [0.15, 0.2) is 0 Å². The number of pyridine rings is 2. The highest BCUT2D eigenvalue weighted by atomic mass is 28.3. The van der Waals surface area contributed by atoms with E-state index in [9.17, 15) is 0 Å². The van der Waals surface area contributed by atoms with Gasteiger partial charge in [-0.2, -0.15) is 5.10 Å². The van der Waals surface area contributed by atoms with Gasteiger partial charge in [0.2, 0.25) is 0 Å². The zero-order valence-electron chi connectivity index (χ0n) is 20.5. The summed E-state index contributed by atoms with van der Waals surface area (Å²) < 4.78 is 12.8. The predicted molar refractivity (Wildman–Crippen MR) is 139 cm³/mol. The molecule has 34 heavy (non-hydrogen) atoms. The molecule has 0 saturated heterocycles. The quantitative estimate of drug-likeness (QED) is 0.289. The Morgan fingerprint density at radius 3 is 2.29 bits per heavy atom. The fraction of sp³-hybridized carbons (Fsp3) is 0.269. The van der Waals surface area contributed by atoms with Gasteiger partial charge in [-0.25, -0.2) is 4.98 Å². The lowest BCUT2D eigenvalue weighted by Crippen LogP contribution is -2.21. The molecule has 1 aromatic carbocycles. The molecule has 3 heterocycles. The number of hydrogen-bond donors (Lipinski definition) is 0. The number of benzene rings is 1. The molecule has 7 nitrogen and oxygen atoms in total. The van der Waals surface area contributed by atoms with Crippen molar-refractivity contribution in [3.63, 3.8) is 0 Å². The number of ether oxygens (including phenoxy) is 2. The fourth-order valence-corrected chi connectivity index (χ4v) is 4.12. The summed E-state index contributed by atoms with van der Waals surface area (Å²) in [5.74, 6) is 5.57. The van der Waals surface area contributed by atoms with Crippen LogP contribution in [-0.2, 0) is 7.05 Å². The molecule has 174 valence electrons. The molecule has 0 radical (unpaired) electrons. The van der Waals surface area contributed by atoms with Crippen molar-refractivity contribution in [3.8, 4) is 34.1 Å². The van der Waals surface area contributed by atoms with Crippen LogP contribution in [0, 0.1) is 11.5 Å². The first-order chi connectivity index (χ1) is 16.3. The maximum atomic E-state index is 5.50. The van der Waals surface area contributed by atoms with E-state index in [2.05, 4.69) is 46.1 Å². The maximum absolute atomic E-state index is 5.50. The molecule has 0 bridgehead atoms. The van der Waals surface area contributed by atoms with Gasteiger partial charge in [0.25, 0.3) is 0 Å². The average Bonchev–Trinajstić information content (AvgIpc) is 3.26. The van der Waals surface area contributed by atoms with E-state index in [-0.39, 0.29) is 0 Å². The number of methoxy groups -OCH3 is 2. The first-order valence-electron chi connectivity index (χ1n) is 11.0. The minimum atomic E-state index is -1.52. The molecule has 0 aliphatic rings. The Hall–Kier alpha value is -3.83. The molecule has 0 unspecified atom stereocenters. The molecule has 0 spiro atoms. The second-order valence-corrected chi connectivity index (χ2v) is 13.8. The van der Waals surface area contributed by atoms with Gasteiger partial charge in [0.1, 0.15) is 25.4 Å². The Morgan fingerprint density at radius 2 is 1.68 bits per heavy atom. The van der Waals surface area contributed by atoms with Gasteiger partial charge in [0.05, 0.1) is 43.7 Å². The van der Waals surface area contributed by atoms with Gasteiger partial charge in [-0.15, -0.1) is 5.54 Å². The van der Waals surface area contributed by atoms with E-state index < -0.39 is 8.07 Å². The number of fused-ring (bicyclic) bond motifs is 1. The topological polar surface area (TPSA) is 65.3 Å². The van der Waals surface area contributed by atoms with Gasteiger partial charge in [0, 0.05) is 48.8 Å². The van der Waals surface area contributed by atoms with Crippen LogP contribution in [0.25, 0.3) is 22.2 Å². The lowest BCUT2D eigenvalue weighted by atomic mass is 10.1. The lowest BCUT2D eigenvalue weighted by Gasteiger charge is -2.23. The van der Waals surface area contributed by atoms with Gasteiger partial charge >= 0.3 is 0 Å². The Labute approximate surface area is 201 Å². The van der Waals surface area contributed by atoms with E-state index in [1.165, 1.54) is 0 Å². The maximum Gasteiger partial charge on any atom is 0.134 e. The SMILES string of the molecule is COc1cc(OC)cc(N(CC#C[Si](C)(C)C)c2ccc3ncc(-c4cnn(C)c4)cc3n2)c1. The minimum Gasteiger partial charge on any atom is -0.497 e. The van der Waals surface area contributed by atoms with Crippen LogP contribution in [0.2, 0.25) is 19.6 Å². The molecule has 3 aromatic heterocycles. The van der Waals surface area contributed by atoms with Crippen molar-refractivity contribution in [3.05, 3.63) is 55.0 Å². The molecule has 0 fully saturated rings. The summed E-state index contributed by atoms with van der Waals surface area (Å²) in [6, 6.07) is 11.8. The zero-order chi connectivity index (χ0) is 24.3. The van der Waals surface area contributed by atoms with E-state index in [0.717, 1.165) is 33.7 Å². The van der Waals surface area contributed by atoms with Crippen molar-refractivity contribution in [1.82, 2.24) is 19.7 Å². The molecular weight excluding hydrogens is 442 g/mol. The summed E-state index contributed by atoms with van der Waals surface area (Å²) in [7, 11) is 3.67. The Kier molecular flexibility index (Phi) is 6.57. The van der Waals surface area contributed by atoms with Crippen LogP contribution in [0.3, 0.4) is 0 Å². The molecule has 0 atom stereocenters. The van der Waals surface area contributed by atoms with Crippen molar-refractivity contribution in [2.45, 2.75) is 19.6 Å². The van der Waals surface area contributed by atoms with Crippen molar-refractivity contribution < 1.29 is 9.47 Å². The summed E-state index contributed by atoms with van der Waals surface area (Å²) in [6.07, 6.45) is 5.64. The third kappa shape index (κ3) is 5.38. The number of aryl methyl sites for hydroxylation is 1. The average molecular weight is 472 g/mol. The highest BCUT2D eigenvalue weighted by Gasteiger charge is 2.15. The molecular formula is C26H29N5O2Si. The summed E-state index contributed by atoms with van der Waals surface area (Å²) in [4.78, 5) is 11.7. The van der Waals surface area contributed by atoms with Crippen LogP contribution < -0.4 is 14.4 Å². The first-order valence-corrected chi connectivity index (χ1v) is 14.5.